The summed E-state index contributed by atoms with van der Waals surface area (Å²) in [5.74, 6) is 0. The molecule has 0 aliphatic heterocycles. The zero-order valence-electron chi connectivity index (χ0n) is 56.1. The molecule has 0 bridgehead atoms. The van der Waals surface area contributed by atoms with Crippen LogP contribution >= 0.6 is 0 Å². The molecule has 6 aromatic heterocycles. The Hall–Kier alpha value is -6.48. The summed E-state index contributed by atoms with van der Waals surface area (Å²) in [6.07, 6.45) is 4.53. The van der Waals surface area contributed by atoms with Crippen molar-refractivity contribution in [2.24, 2.45) is 0 Å². The van der Waals surface area contributed by atoms with Crippen LogP contribution in [0.15, 0.2) is 285 Å². The molecule has 0 atom stereocenters. The van der Waals surface area contributed by atoms with Gasteiger partial charge in [0.25, 0.3) is 0 Å². The summed E-state index contributed by atoms with van der Waals surface area (Å²) in [6, 6.07) is 66.9. The molecular weight excluding hydrogens is 1620 g/mol. The van der Waals surface area contributed by atoms with E-state index in [1.807, 2.05) is 91.0 Å². The zero-order valence-corrected chi connectivity index (χ0v) is 70.7. The fourth-order valence-corrected chi connectivity index (χ4v) is 17.8. The molecule has 0 aliphatic carbocycles. The Bertz CT molecular complexity index is 6040. The number of aromatic nitrogens is 6. The summed E-state index contributed by atoms with van der Waals surface area (Å²) < 4.78 is 219. The van der Waals surface area contributed by atoms with E-state index >= 15 is 0 Å². The standard InChI is InChI=1S/3C24H16N2O6S2.4Na.Ru/c3*27-33(28,29)23-20(16-9-5-2-6-10-16)19-12-11-18-17(15-7-3-1-4-8-15)13-14-25-21(18)22(19)26-24(23)34(30,31)32;;;;;/h3*1-14H,(H,27,28,29)(H,30,31,32);;;;;/q;;;4*+1;+3/p-6. The second kappa shape index (κ2) is 34.4. The molecule has 6 heterocycles. The van der Waals surface area contributed by atoms with Crippen LogP contribution in [0.2, 0.25) is 0 Å². The van der Waals surface area contributed by atoms with E-state index in [2.05, 4.69) is 29.9 Å². The predicted octanol–water partition coefficient (Wildman–Crippen LogP) is -0.211. The molecule has 1 radical (unpaired) electrons. The van der Waals surface area contributed by atoms with Crippen molar-refractivity contribution in [3.05, 3.63) is 255 Å². The van der Waals surface area contributed by atoms with Gasteiger partial charge in [-0.1, -0.05) is 218 Å². The third-order valence-corrected chi connectivity index (χ3v) is 21.7. The van der Waals surface area contributed by atoms with Crippen LogP contribution in [-0.4, -0.2) is 108 Å². The molecule has 0 unspecified atom stereocenters. The van der Waals surface area contributed by atoms with E-state index in [0.717, 1.165) is 33.4 Å². The molecule has 0 fully saturated rings. The molecule has 0 saturated carbocycles. The largest absolute Gasteiger partial charge is 3.00 e. The zero-order chi connectivity index (χ0) is 72.3. The maximum atomic E-state index is 12.2. The molecular formula is C72H42N6Na4O18RuS6+. The second-order valence-corrected chi connectivity index (χ2v) is 30.3. The van der Waals surface area contributed by atoms with Gasteiger partial charge in [-0.05, 0) is 68.3 Å². The van der Waals surface area contributed by atoms with Crippen LogP contribution in [0.25, 0.3) is 132 Å². The van der Waals surface area contributed by atoms with Gasteiger partial charge < -0.3 is 27.3 Å². The van der Waals surface area contributed by atoms with Gasteiger partial charge in [-0.3, -0.25) is 15.0 Å². The van der Waals surface area contributed by atoms with Gasteiger partial charge in [0.15, 0.2) is 15.1 Å². The first-order valence-electron chi connectivity index (χ1n) is 29.8. The van der Waals surface area contributed by atoms with E-state index in [4.69, 9.17) is 0 Å². The molecule has 35 heteroatoms. The smallest absolute Gasteiger partial charge is 0.744 e. The van der Waals surface area contributed by atoms with E-state index < -0.39 is 90.5 Å². The summed E-state index contributed by atoms with van der Waals surface area (Å²) >= 11 is 0. The Labute approximate surface area is 714 Å². The van der Waals surface area contributed by atoms with Crippen molar-refractivity contribution in [3.63, 3.8) is 0 Å². The monoisotopic (exact) mass is 1660 g/mol. The van der Waals surface area contributed by atoms with Crippen LogP contribution in [0.5, 0.6) is 0 Å². The topological polar surface area (TPSA) is 421 Å². The third kappa shape index (κ3) is 17.8. The molecule has 107 heavy (non-hydrogen) atoms. The average molecular weight is 1660 g/mol. The Morgan fingerprint density at radius 3 is 0.589 bits per heavy atom. The van der Waals surface area contributed by atoms with E-state index in [-0.39, 0.29) is 220 Å². The fourth-order valence-electron chi connectivity index (χ4n) is 12.2. The number of hydrogen-bond donors (Lipinski definition) is 0. The van der Waals surface area contributed by atoms with Crippen molar-refractivity contribution in [2.45, 2.75) is 29.8 Å². The number of rotatable bonds is 12. The Balaban J connectivity index is 0.000000198. The van der Waals surface area contributed by atoms with E-state index in [9.17, 15) is 77.8 Å². The van der Waals surface area contributed by atoms with Crippen molar-refractivity contribution in [2.75, 3.05) is 0 Å². The maximum absolute atomic E-state index is 12.2. The molecule has 0 spiro atoms. The fraction of sp³-hybridized carbons (Fsp3) is 0. The minimum atomic E-state index is -5.44. The van der Waals surface area contributed by atoms with Gasteiger partial charge in [-0.15, -0.1) is 0 Å². The number of nitrogens with zero attached hydrogens (tertiary/aromatic N) is 6. The molecule has 0 saturated heterocycles. The average Bonchev–Trinajstić information content (AvgIpc) is 0.736. The van der Waals surface area contributed by atoms with Crippen LogP contribution in [0.1, 0.15) is 0 Å². The number of pyridine rings is 6. The summed E-state index contributed by atoms with van der Waals surface area (Å²) in [5, 5.41) is -1.65. The molecule has 15 aromatic rings. The molecule has 515 valence electrons. The van der Waals surface area contributed by atoms with Crippen molar-refractivity contribution in [1.82, 2.24) is 29.9 Å². The molecule has 15 rings (SSSR count). The number of fused-ring (bicyclic) bond motifs is 9. The van der Waals surface area contributed by atoms with Gasteiger partial charge >= 0.3 is 138 Å². The van der Waals surface area contributed by atoms with Gasteiger partial charge in [-0.2, -0.15) is 0 Å². The number of hydrogen-bond acceptors (Lipinski definition) is 24. The van der Waals surface area contributed by atoms with Crippen molar-refractivity contribution < 1.29 is 216 Å². The Kier molecular flexibility index (Phi) is 27.7. The van der Waals surface area contributed by atoms with Crippen LogP contribution in [0, 0.1) is 0 Å². The van der Waals surface area contributed by atoms with Crippen LogP contribution < -0.4 is 118 Å². The van der Waals surface area contributed by atoms with E-state index in [0.29, 0.717) is 16.2 Å². The van der Waals surface area contributed by atoms with Crippen molar-refractivity contribution in [3.8, 4) is 66.8 Å². The van der Waals surface area contributed by atoms with Crippen LogP contribution in [0.4, 0.5) is 0 Å². The number of benzene rings is 9. The quantitative estimate of drug-likeness (QED) is 0.0867. The normalized spacial score (nSPS) is 11.7. The molecule has 9 aromatic carbocycles. The molecule has 24 nitrogen and oxygen atoms in total. The first kappa shape index (κ1) is 86.1. The predicted molar refractivity (Wildman–Crippen MR) is 372 cm³/mol. The Morgan fingerprint density at radius 1 is 0.215 bits per heavy atom. The molecule has 0 amide bonds. The minimum absolute atomic E-state index is 0. The van der Waals surface area contributed by atoms with Gasteiger partial charge in [0.1, 0.15) is 60.7 Å². The van der Waals surface area contributed by atoms with Gasteiger partial charge in [-0.25, -0.2) is 65.5 Å². The van der Waals surface area contributed by atoms with Crippen molar-refractivity contribution in [1.29, 1.82) is 0 Å². The summed E-state index contributed by atoms with van der Waals surface area (Å²) in [7, 11) is -32.5. The summed E-state index contributed by atoms with van der Waals surface area (Å²) in [6.45, 7) is 0. The Morgan fingerprint density at radius 2 is 0.402 bits per heavy atom. The van der Waals surface area contributed by atoms with Gasteiger partial charge in [0.05, 0.1) is 47.8 Å². The van der Waals surface area contributed by atoms with Gasteiger partial charge in [0.2, 0.25) is 0 Å². The van der Waals surface area contributed by atoms with E-state index in [1.165, 1.54) is 55.0 Å². The van der Waals surface area contributed by atoms with Crippen LogP contribution in [0.3, 0.4) is 0 Å². The first-order valence-corrected chi connectivity index (χ1v) is 38.3. The second-order valence-electron chi connectivity index (χ2n) is 22.4. The third-order valence-electron chi connectivity index (χ3n) is 16.3. The van der Waals surface area contributed by atoms with Gasteiger partial charge in [0, 0.05) is 67.6 Å². The van der Waals surface area contributed by atoms with Crippen LogP contribution in [-0.2, 0) is 80.2 Å². The minimum Gasteiger partial charge on any atom is -0.744 e. The van der Waals surface area contributed by atoms with E-state index in [1.54, 1.807) is 109 Å². The molecule has 0 N–H and O–H groups in total. The molecule has 0 aliphatic rings. The summed E-state index contributed by atoms with van der Waals surface area (Å²) in [5.41, 5.74) is 5.83. The first-order chi connectivity index (χ1) is 48.5. The summed E-state index contributed by atoms with van der Waals surface area (Å²) in [4.78, 5) is 21.3. The van der Waals surface area contributed by atoms with Crippen molar-refractivity contribution >= 4 is 126 Å². The maximum Gasteiger partial charge on any atom is 3.00 e. The SMILES string of the molecule is O=S(=O)([O-])c1nc2c(ccc3c(-c4ccccc4)ccnc32)c(-c2ccccc2)c1S(=O)(=O)[O-].O=S(=O)([O-])c1nc2c(ccc3c(-c4ccccc4)ccnc32)c(-c2ccccc2)c1S(=O)(=O)[O-].O=S(=O)([O-])c1nc2c(ccc3c(-c4ccccc4)ccnc32)c(-c2ccccc2)c1S(=O)(=O)[O-].[Na+].[Na+].[Na+].[Na+].[Ru+3].